The SMILES string of the molecule is BC(B)=C(B)C(=O)OC(N)CC(C)(C)C. The first-order chi connectivity index (χ1) is 6.63. The average molecular weight is 207 g/mol. The first-order valence-corrected chi connectivity index (χ1v) is 5.24. The zero-order chi connectivity index (χ0) is 12.2. The number of ether oxygens (including phenoxy) is 1. The minimum atomic E-state index is -0.521. The van der Waals surface area contributed by atoms with Gasteiger partial charge in [-0.15, -0.1) is 5.37 Å². The molecule has 0 heterocycles. The van der Waals surface area contributed by atoms with E-state index in [4.69, 9.17) is 10.5 Å². The number of carbonyl (C=O) groups is 1. The molecular formula is C9H20B3NO2. The normalized spacial score (nSPS) is 13.1. The fourth-order valence-corrected chi connectivity index (χ4v) is 1.08. The number of hydrogen-bond acceptors (Lipinski definition) is 3. The summed E-state index contributed by atoms with van der Waals surface area (Å²) in [6, 6.07) is 0. The monoisotopic (exact) mass is 207 g/mol. The van der Waals surface area contributed by atoms with Gasteiger partial charge in [-0.25, -0.2) is 4.79 Å². The van der Waals surface area contributed by atoms with Gasteiger partial charge in [-0.1, -0.05) is 20.8 Å². The molecule has 15 heavy (non-hydrogen) atoms. The number of nitrogens with two attached hydrogens (primary N) is 1. The molecule has 3 nitrogen and oxygen atoms in total. The van der Waals surface area contributed by atoms with Crippen LogP contribution in [0.25, 0.3) is 0 Å². The van der Waals surface area contributed by atoms with E-state index >= 15 is 0 Å². The van der Waals surface area contributed by atoms with E-state index in [2.05, 4.69) is 20.8 Å². The van der Waals surface area contributed by atoms with Crippen molar-refractivity contribution in [3.05, 3.63) is 10.8 Å². The van der Waals surface area contributed by atoms with Gasteiger partial charge in [0.05, 0.1) is 0 Å². The zero-order valence-electron chi connectivity index (χ0n) is 10.7. The van der Waals surface area contributed by atoms with Gasteiger partial charge >= 0.3 is 5.97 Å². The number of carbonyl (C=O) groups excluding carboxylic acids is 1. The fraction of sp³-hybridized carbons (Fsp3) is 0.667. The van der Waals surface area contributed by atoms with Crippen molar-refractivity contribution in [2.75, 3.05) is 0 Å². The molecule has 0 rings (SSSR count). The summed E-state index contributed by atoms with van der Waals surface area (Å²) < 4.78 is 5.13. The van der Waals surface area contributed by atoms with Crippen LogP contribution in [-0.2, 0) is 9.53 Å². The molecule has 0 aromatic rings. The lowest BCUT2D eigenvalue weighted by Crippen LogP contribution is -2.32. The smallest absolute Gasteiger partial charge is 0.324 e. The van der Waals surface area contributed by atoms with Gasteiger partial charge in [0.2, 0.25) is 0 Å². The number of rotatable bonds is 3. The summed E-state index contributed by atoms with van der Waals surface area (Å²) in [6.45, 7) is 6.19. The van der Waals surface area contributed by atoms with Crippen LogP contribution in [0, 0.1) is 5.41 Å². The molecule has 1 atom stereocenters. The molecule has 0 aliphatic heterocycles. The lowest BCUT2D eigenvalue weighted by Gasteiger charge is -2.23. The van der Waals surface area contributed by atoms with Crippen molar-refractivity contribution in [2.45, 2.75) is 33.4 Å². The highest BCUT2D eigenvalue weighted by Crippen LogP contribution is 2.20. The van der Waals surface area contributed by atoms with Crippen LogP contribution in [0.5, 0.6) is 0 Å². The Hall–Kier alpha value is -0.635. The van der Waals surface area contributed by atoms with E-state index in [-0.39, 0.29) is 11.4 Å². The van der Waals surface area contributed by atoms with E-state index in [1.807, 2.05) is 15.7 Å². The summed E-state index contributed by atoms with van der Waals surface area (Å²) in [5, 5.41) is 0.961. The summed E-state index contributed by atoms with van der Waals surface area (Å²) in [7, 11) is 5.51. The molecule has 0 bridgehead atoms. The molecule has 1 unspecified atom stereocenters. The third-order valence-corrected chi connectivity index (χ3v) is 2.13. The van der Waals surface area contributed by atoms with Crippen molar-refractivity contribution in [2.24, 2.45) is 11.1 Å². The Labute approximate surface area is 95.0 Å². The van der Waals surface area contributed by atoms with Crippen LogP contribution >= 0.6 is 0 Å². The first-order valence-electron chi connectivity index (χ1n) is 5.24. The molecular weight excluding hydrogens is 187 g/mol. The van der Waals surface area contributed by atoms with Crippen molar-refractivity contribution in [1.82, 2.24) is 0 Å². The standard InChI is InChI=1S/C9H20B3NO2/c1-9(2,3)4-5(13)15-8(14)6(10)7(11)12/h5H,4,10-13H2,1-3H3. The lowest BCUT2D eigenvalue weighted by atomic mass is 9.69. The van der Waals surface area contributed by atoms with Crippen LogP contribution in [0.2, 0.25) is 0 Å². The lowest BCUT2D eigenvalue weighted by molar-refractivity contribution is -0.144. The van der Waals surface area contributed by atoms with Crippen LogP contribution in [0.4, 0.5) is 0 Å². The van der Waals surface area contributed by atoms with Crippen LogP contribution < -0.4 is 5.73 Å². The first kappa shape index (κ1) is 14.4. The van der Waals surface area contributed by atoms with E-state index < -0.39 is 6.23 Å². The Morgan fingerprint density at radius 1 is 1.33 bits per heavy atom. The van der Waals surface area contributed by atoms with Crippen molar-refractivity contribution in [1.29, 1.82) is 0 Å². The van der Waals surface area contributed by atoms with Crippen molar-refractivity contribution in [3.8, 4) is 0 Å². The van der Waals surface area contributed by atoms with Gasteiger partial charge in [0.1, 0.15) is 23.5 Å². The predicted molar refractivity (Wildman–Crippen MR) is 70.8 cm³/mol. The maximum absolute atomic E-state index is 11.5. The Morgan fingerprint density at radius 2 is 1.80 bits per heavy atom. The second-order valence-electron chi connectivity index (χ2n) is 5.33. The maximum atomic E-state index is 11.5. The summed E-state index contributed by atoms with van der Waals surface area (Å²) >= 11 is 0. The highest BCUT2D eigenvalue weighted by atomic mass is 16.6. The number of esters is 1. The Morgan fingerprint density at radius 3 is 2.13 bits per heavy atom. The zero-order valence-corrected chi connectivity index (χ0v) is 10.7. The third kappa shape index (κ3) is 6.45. The minimum Gasteiger partial charge on any atom is -0.444 e. The molecule has 0 aromatic heterocycles. The van der Waals surface area contributed by atoms with Gasteiger partial charge in [-0.2, -0.15) is 0 Å². The minimum absolute atomic E-state index is 0.0680. The van der Waals surface area contributed by atoms with Gasteiger partial charge in [0.15, 0.2) is 6.23 Å². The van der Waals surface area contributed by atoms with Gasteiger partial charge in [-0.05, 0) is 10.9 Å². The second kappa shape index (κ2) is 5.45. The van der Waals surface area contributed by atoms with Crippen molar-refractivity contribution in [3.63, 3.8) is 0 Å². The molecule has 0 aliphatic rings. The Bertz CT molecular complexity index is 267. The Balaban J connectivity index is 4.27. The van der Waals surface area contributed by atoms with E-state index in [1.165, 1.54) is 0 Å². The summed E-state index contributed by atoms with van der Waals surface area (Å²) in [5.74, 6) is -0.313. The molecule has 0 aliphatic carbocycles. The highest BCUT2D eigenvalue weighted by molar-refractivity contribution is 6.55. The van der Waals surface area contributed by atoms with Crippen LogP contribution in [0.3, 0.4) is 0 Å². The van der Waals surface area contributed by atoms with Gasteiger partial charge < -0.3 is 4.74 Å². The van der Waals surface area contributed by atoms with E-state index in [9.17, 15) is 4.79 Å². The molecule has 0 fully saturated rings. The summed E-state index contributed by atoms with van der Waals surface area (Å²) in [6.07, 6.45) is 0.140. The van der Waals surface area contributed by atoms with Gasteiger partial charge in [0.25, 0.3) is 0 Å². The van der Waals surface area contributed by atoms with E-state index in [0.717, 1.165) is 5.37 Å². The van der Waals surface area contributed by atoms with E-state index in [0.29, 0.717) is 11.9 Å². The van der Waals surface area contributed by atoms with E-state index in [1.54, 1.807) is 7.85 Å². The molecule has 6 heteroatoms. The van der Waals surface area contributed by atoms with Gasteiger partial charge in [-0.3, -0.25) is 5.73 Å². The largest absolute Gasteiger partial charge is 0.444 e. The summed E-state index contributed by atoms with van der Waals surface area (Å²) in [5.41, 5.74) is 6.44. The second-order valence-corrected chi connectivity index (χ2v) is 5.33. The van der Waals surface area contributed by atoms with Crippen LogP contribution in [0.1, 0.15) is 27.2 Å². The van der Waals surface area contributed by atoms with Gasteiger partial charge in [0, 0.05) is 6.42 Å². The van der Waals surface area contributed by atoms with Crippen molar-refractivity contribution < 1.29 is 9.53 Å². The molecule has 0 saturated heterocycles. The fourth-order valence-electron chi connectivity index (χ4n) is 1.08. The average Bonchev–Trinajstić information content (AvgIpc) is 1.98. The molecule has 0 aromatic carbocycles. The quantitative estimate of drug-likeness (QED) is 0.260. The number of hydrogen-bond donors (Lipinski definition) is 1. The molecule has 0 radical (unpaired) electrons. The van der Waals surface area contributed by atoms with Crippen molar-refractivity contribution >= 4 is 29.5 Å². The Kier molecular flexibility index (Phi) is 5.22. The molecule has 0 amide bonds. The molecule has 0 spiro atoms. The maximum Gasteiger partial charge on any atom is 0.324 e. The molecule has 2 N–H and O–H groups in total. The molecule has 0 saturated carbocycles. The predicted octanol–water partition coefficient (Wildman–Crippen LogP) is -1.68. The van der Waals surface area contributed by atoms with Crippen LogP contribution in [0.15, 0.2) is 10.8 Å². The summed E-state index contributed by atoms with van der Waals surface area (Å²) in [4.78, 5) is 11.5. The molecule has 82 valence electrons. The van der Waals surface area contributed by atoms with Crippen LogP contribution in [-0.4, -0.2) is 35.7 Å². The highest BCUT2D eigenvalue weighted by Gasteiger charge is 2.19. The topological polar surface area (TPSA) is 52.3 Å². The third-order valence-electron chi connectivity index (χ3n) is 2.13.